The Labute approximate surface area is 293 Å². The van der Waals surface area contributed by atoms with E-state index in [-0.39, 0.29) is 0 Å². The molecular weight excluding hydrogens is 633 g/mol. The maximum atomic E-state index is 2.56. The van der Waals surface area contributed by atoms with E-state index in [1.807, 2.05) is 0 Å². The highest BCUT2D eigenvalue weighted by Crippen LogP contribution is 2.48. The Bertz CT molecular complexity index is 3820. The first kappa shape index (κ1) is 25.0. The molecule has 0 amide bonds. The van der Waals surface area contributed by atoms with Gasteiger partial charge in [0.15, 0.2) is 0 Å². The molecule has 0 saturated carbocycles. The fourth-order valence-corrected chi connectivity index (χ4v) is 10.9. The van der Waals surface area contributed by atoms with Gasteiger partial charge in [-0.1, -0.05) is 109 Å². The number of rotatable bonds is 0. The van der Waals surface area contributed by atoms with Crippen LogP contribution in [0.3, 0.4) is 0 Å². The Balaban J connectivity index is 1.22. The van der Waals surface area contributed by atoms with E-state index in [1.165, 1.54) is 131 Å². The number of nitrogens with zero attached hydrogens (tertiary/aromatic N) is 4. The molecule has 236 valence electrons. The topological polar surface area (TPSA) is 17.6 Å². The molecule has 0 fully saturated rings. The van der Waals surface area contributed by atoms with Gasteiger partial charge in [0.2, 0.25) is 0 Å². The zero-order valence-corrected chi connectivity index (χ0v) is 27.6. The highest BCUT2D eigenvalue weighted by Gasteiger charge is 2.27. The van der Waals surface area contributed by atoms with Gasteiger partial charge in [-0.05, 0) is 36.4 Å². The van der Waals surface area contributed by atoms with Gasteiger partial charge in [0, 0.05) is 64.6 Å². The van der Waals surface area contributed by atoms with Gasteiger partial charge in [-0.25, -0.2) is 0 Å². The van der Waals surface area contributed by atoms with Crippen LogP contribution in [0, 0.1) is 0 Å². The average molecular weight is 657 g/mol. The molecular formula is C48H24N4. The van der Waals surface area contributed by atoms with Crippen molar-refractivity contribution in [3.05, 3.63) is 146 Å². The largest absolute Gasteiger partial charge is 0.307 e. The number of hydrogen-bond acceptors (Lipinski definition) is 0. The first-order chi connectivity index (χ1) is 25.9. The molecule has 0 N–H and O–H groups in total. The SMILES string of the molecule is c1ccc2c(c1)c1cccc3c4ccc5c(c6cccc7c6n5c5cccc6c8c(ccc9c%10cccc%11c%12ccccc%12n(c%11%10)c98)n7c65)c4n2c13. The van der Waals surface area contributed by atoms with E-state index in [0.29, 0.717) is 0 Å². The normalized spacial score (nSPS) is 13.4. The summed E-state index contributed by atoms with van der Waals surface area (Å²) in [6.45, 7) is 0. The molecule has 4 nitrogen and oxygen atoms in total. The molecule has 8 aromatic carbocycles. The second-order valence-corrected chi connectivity index (χ2v) is 14.8. The number of hydrogen-bond donors (Lipinski definition) is 0. The zero-order chi connectivity index (χ0) is 33.1. The molecule has 0 aliphatic carbocycles. The van der Waals surface area contributed by atoms with Crippen molar-refractivity contribution in [2.45, 2.75) is 0 Å². The molecule has 7 aromatic heterocycles. The fraction of sp³-hybridized carbons (Fsp3) is 0. The molecule has 0 unspecified atom stereocenters. The van der Waals surface area contributed by atoms with Crippen molar-refractivity contribution >= 4 is 131 Å². The van der Waals surface area contributed by atoms with Crippen LogP contribution in [0.25, 0.3) is 131 Å². The monoisotopic (exact) mass is 656 g/mol. The van der Waals surface area contributed by atoms with Crippen LogP contribution in [-0.2, 0) is 0 Å². The Morgan fingerprint density at radius 3 is 1.02 bits per heavy atom. The third kappa shape index (κ3) is 2.42. The van der Waals surface area contributed by atoms with Gasteiger partial charge in [0.1, 0.15) is 0 Å². The van der Waals surface area contributed by atoms with Gasteiger partial charge >= 0.3 is 0 Å². The van der Waals surface area contributed by atoms with Gasteiger partial charge in [-0.2, -0.15) is 0 Å². The van der Waals surface area contributed by atoms with E-state index in [2.05, 4.69) is 163 Å². The molecule has 0 spiro atoms. The summed E-state index contributed by atoms with van der Waals surface area (Å²) in [6, 6.07) is 54.8. The molecule has 0 radical (unpaired) electrons. The molecule has 0 atom stereocenters. The second kappa shape index (κ2) is 7.96. The van der Waals surface area contributed by atoms with Crippen molar-refractivity contribution in [3.8, 4) is 0 Å². The maximum Gasteiger partial charge on any atom is 0.0784 e. The third-order valence-electron chi connectivity index (χ3n) is 12.7. The lowest BCUT2D eigenvalue weighted by molar-refractivity contribution is 1.26. The van der Waals surface area contributed by atoms with Gasteiger partial charge < -0.3 is 17.6 Å². The van der Waals surface area contributed by atoms with E-state index in [1.54, 1.807) is 0 Å². The second-order valence-electron chi connectivity index (χ2n) is 14.8. The molecule has 15 aromatic rings. The Hall–Kier alpha value is -7.04. The minimum atomic E-state index is 1.23. The van der Waals surface area contributed by atoms with Crippen LogP contribution in [0.15, 0.2) is 146 Å². The van der Waals surface area contributed by atoms with Crippen LogP contribution in [0.2, 0.25) is 0 Å². The van der Waals surface area contributed by atoms with Crippen LogP contribution in [-0.4, -0.2) is 17.6 Å². The van der Waals surface area contributed by atoms with E-state index in [4.69, 9.17) is 0 Å². The summed E-state index contributed by atoms with van der Waals surface area (Å²) in [4.78, 5) is 0. The van der Waals surface area contributed by atoms with Crippen molar-refractivity contribution in [2.75, 3.05) is 0 Å². The molecule has 15 rings (SSSR count). The minimum absolute atomic E-state index is 1.23. The lowest BCUT2D eigenvalue weighted by Gasteiger charge is -2.11. The Morgan fingerprint density at radius 2 is 0.538 bits per heavy atom. The molecule has 7 heterocycles. The average Bonchev–Trinajstić information content (AvgIpc) is 4.03. The predicted octanol–water partition coefficient (Wildman–Crippen LogP) is 12.5. The van der Waals surface area contributed by atoms with Crippen molar-refractivity contribution in [1.29, 1.82) is 0 Å². The zero-order valence-electron chi connectivity index (χ0n) is 27.6. The van der Waals surface area contributed by atoms with Crippen molar-refractivity contribution in [3.63, 3.8) is 0 Å². The maximum absolute atomic E-state index is 2.56. The van der Waals surface area contributed by atoms with Crippen molar-refractivity contribution < 1.29 is 0 Å². The van der Waals surface area contributed by atoms with Crippen molar-refractivity contribution in [1.82, 2.24) is 17.6 Å². The molecule has 0 bridgehead atoms. The number of benzene rings is 8. The number of aromatic nitrogens is 4. The molecule has 4 heteroatoms. The third-order valence-corrected chi connectivity index (χ3v) is 12.7. The standard InChI is InChI=1S/C48H24N4/c1-3-17-35-25(9-1)27-11-5-13-29-31-21-23-37-41(47(31)51(35)43(27)29)33-15-7-19-39-45(33)49(37)40-20-8-16-34-42-38(50(39)46(34)40)24-22-32-30-14-6-12-28-26-10-2-4-18-36(26)52(44(28)30)48(32)42/h1-24H. The van der Waals surface area contributed by atoms with E-state index >= 15 is 0 Å². The van der Waals surface area contributed by atoms with Gasteiger partial charge in [-0.15, -0.1) is 0 Å². The highest BCUT2D eigenvalue weighted by atomic mass is 15.0. The summed E-state index contributed by atoms with van der Waals surface area (Å²) >= 11 is 0. The molecule has 0 aliphatic rings. The lowest BCUT2D eigenvalue weighted by atomic mass is 10.0. The summed E-state index contributed by atoms with van der Waals surface area (Å²) in [6.07, 6.45) is 0. The summed E-state index contributed by atoms with van der Waals surface area (Å²) in [7, 11) is 0. The van der Waals surface area contributed by atoms with Crippen molar-refractivity contribution in [2.24, 2.45) is 0 Å². The smallest absolute Gasteiger partial charge is 0.0784 e. The molecule has 52 heavy (non-hydrogen) atoms. The number of fused-ring (bicyclic) bond motifs is 22. The van der Waals surface area contributed by atoms with Crippen LogP contribution in [0.1, 0.15) is 0 Å². The first-order valence-electron chi connectivity index (χ1n) is 18.1. The summed E-state index contributed by atoms with van der Waals surface area (Å²) in [5, 5.41) is 15.7. The quantitative estimate of drug-likeness (QED) is 0.145. The van der Waals surface area contributed by atoms with E-state index in [9.17, 15) is 0 Å². The van der Waals surface area contributed by atoms with E-state index in [0.717, 1.165) is 0 Å². The van der Waals surface area contributed by atoms with Crippen LogP contribution >= 0.6 is 0 Å². The molecule has 0 saturated heterocycles. The number of para-hydroxylation sites is 6. The lowest BCUT2D eigenvalue weighted by Crippen LogP contribution is -1.96. The Kier molecular flexibility index (Phi) is 3.83. The Morgan fingerprint density at radius 1 is 0.192 bits per heavy atom. The van der Waals surface area contributed by atoms with Gasteiger partial charge in [0.05, 0.1) is 66.2 Å². The highest BCUT2D eigenvalue weighted by molar-refractivity contribution is 6.35. The summed E-state index contributed by atoms with van der Waals surface area (Å²) < 4.78 is 10.2. The summed E-state index contributed by atoms with van der Waals surface area (Å²) in [5.74, 6) is 0. The summed E-state index contributed by atoms with van der Waals surface area (Å²) in [5.41, 5.74) is 15.3. The van der Waals surface area contributed by atoms with Crippen LogP contribution in [0.4, 0.5) is 0 Å². The predicted molar refractivity (Wildman–Crippen MR) is 219 cm³/mol. The van der Waals surface area contributed by atoms with Gasteiger partial charge in [-0.3, -0.25) is 0 Å². The minimum Gasteiger partial charge on any atom is -0.307 e. The van der Waals surface area contributed by atoms with Crippen LogP contribution < -0.4 is 0 Å². The molecule has 0 aliphatic heterocycles. The first-order valence-corrected chi connectivity index (χ1v) is 18.1. The van der Waals surface area contributed by atoms with Gasteiger partial charge in [0.25, 0.3) is 0 Å². The van der Waals surface area contributed by atoms with Crippen LogP contribution in [0.5, 0.6) is 0 Å². The fourth-order valence-electron chi connectivity index (χ4n) is 10.9. The van der Waals surface area contributed by atoms with E-state index < -0.39 is 0 Å².